The molecule has 0 saturated carbocycles. The lowest BCUT2D eigenvalue weighted by molar-refractivity contribution is 0.582. The van der Waals surface area contributed by atoms with E-state index in [9.17, 15) is 8.42 Å². The maximum Gasteiger partial charge on any atom is 0.180 e. The summed E-state index contributed by atoms with van der Waals surface area (Å²) < 4.78 is 24.6. The van der Waals surface area contributed by atoms with Crippen molar-refractivity contribution in [2.24, 2.45) is 11.7 Å². The molecule has 5 nitrogen and oxygen atoms in total. The van der Waals surface area contributed by atoms with Crippen LogP contribution in [0.2, 0.25) is 0 Å². The molecule has 0 atom stereocenters. The number of sulfone groups is 1. The number of hydrogen-bond donors (Lipinski definition) is 3. The fourth-order valence-electron chi connectivity index (χ4n) is 1.65. The Hall–Kier alpha value is -1.53. The van der Waals surface area contributed by atoms with E-state index < -0.39 is 9.84 Å². The van der Waals surface area contributed by atoms with Crippen molar-refractivity contribution in [3.8, 4) is 0 Å². The molecule has 0 unspecified atom stereocenters. The van der Waals surface area contributed by atoms with Crippen LogP contribution in [0, 0.1) is 11.3 Å². The number of hydrogen-bond acceptors (Lipinski definition) is 5. The summed E-state index contributed by atoms with van der Waals surface area (Å²) in [6, 6.07) is 6.47. The molecule has 20 heavy (non-hydrogen) atoms. The van der Waals surface area contributed by atoms with E-state index in [4.69, 9.17) is 22.7 Å². The van der Waals surface area contributed by atoms with E-state index in [0.717, 1.165) is 6.21 Å². The van der Waals surface area contributed by atoms with Gasteiger partial charge in [-0.25, -0.2) is 8.42 Å². The molecule has 0 saturated heterocycles. The van der Waals surface area contributed by atoms with E-state index in [1.165, 1.54) is 6.07 Å². The molecule has 1 aromatic carbocycles. The molecule has 0 radical (unpaired) electrons. The Kier molecular flexibility index (Phi) is 5.59. The lowest BCUT2D eigenvalue weighted by atomic mass is 10.3. The summed E-state index contributed by atoms with van der Waals surface area (Å²) in [5, 5.41) is 9.77. The predicted octanol–water partition coefficient (Wildman–Crippen LogP) is 2.54. The van der Waals surface area contributed by atoms with Gasteiger partial charge < -0.3 is 16.5 Å². The van der Waals surface area contributed by atoms with Gasteiger partial charge in [-0.05, 0) is 18.1 Å². The summed E-state index contributed by atoms with van der Waals surface area (Å²) in [5.41, 5.74) is 6.02. The van der Waals surface area contributed by atoms with Crippen LogP contribution in [0.5, 0.6) is 0 Å². The number of benzene rings is 1. The zero-order valence-corrected chi connectivity index (χ0v) is 12.9. The van der Waals surface area contributed by atoms with Crippen molar-refractivity contribution in [1.82, 2.24) is 0 Å². The van der Waals surface area contributed by atoms with Crippen molar-refractivity contribution < 1.29 is 8.42 Å². The van der Waals surface area contributed by atoms with Crippen LogP contribution < -0.4 is 11.1 Å². The van der Waals surface area contributed by atoms with Gasteiger partial charge in [-0.3, -0.25) is 0 Å². The number of rotatable bonds is 6. The first kappa shape index (κ1) is 16.5. The highest BCUT2D eigenvalue weighted by Gasteiger charge is 2.20. The average molecular weight is 316 g/mol. The minimum atomic E-state index is -3.41. The molecule has 0 spiro atoms. The second-order valence-electron chi connectivity index (χ2n) is 4.70. The molecule has 0 amide bonds. The average Bonchev–Trinajstić information content (AvgIpc) is 2.36. The van der Waals surface area contributed by atoms with Crippen molar-refractivity contribution in [1.29, 1.82) is 5.41 Å². The molecular formula is C13H18ClN3O2S. The van der Waals surface area contributed by atoms with Crippen LogP contribution in [0.4, 0.5) is 5.69 Å². The van der Waals surface area contributed by atoms with E-state index >= 15 is 0 Å². The van der Waals surface area contributed by atoms with Gasteiger partial charge >= 0.3 is 0 Å². The maximum atomic E-state index is 12.3. The summed E-state index contributed by atoms with van der Waals surface area (Å²) in [4.78, 5) is 0.172. The van der Waals surface area contributed by atoms with Crippen LogP contribution in [0.25, 0.3) is 0 Å². The SMILES string of the molecule is CC(C)CS(=O)(=O)c1ccccc1N/C(N)=C(\Cl)C=N. The van der Waals surface area contributed by atoms with E-state index in [-0.39, 0.29) is 27.4 Å². The normalized spacial score (nSPS) is 13.0. The molecule has 0 aromatic heterocycles. The van der Waals surface area contributed by atoms with Gasteiger partial charge in [-0.2, -0.15) is 0 Å². The van der Waals surface area contributed by atoms with Gasteiger partial charge in [0.1, 0.15) is 5.82 Å². The molecule has 1 aromatic rings. The molecule has 4 N–H and O–H groups in total. The molecule has 0 fully saturated rings. The number of nitrogens with two attached hydrogens (primary N) is 1. The molecule has 1 rings (SSSR count). The fourth-order valence-corrected chi connectivity index (χ4v) is 3.50. The Bertz CT molecular complexity index is 624. The number of anilines is 1. The smallest absolute Gasteiger partial charge is 0.180 e. The van der Waals surface area contributed by atoms with Crippen LogP contribution in [0.3, 0.4) is 0 Å². The third kappa shape index (κ3) is 4.25. The molecule has 0 aliphatic carbocycles. The Morgan fingerprint density at radius 3 is 2.60 bits per heavy atom. The van der Waals surface area contributed by atoms with E-state index in [0.29, 0.717) is 5.69 Å². The summed E-state index contributed by atoms with van der Waals surface area (Å²) in [5.74, 6) is 0.105. The first-order valence-corrected chi connectivity index (χ1v) is 8.05. The summed E-state index contributed by atoms with van der Waals surface area (Å²) in [6.45, 7) is 3.68. The van der Waals surface area contributed by atoms with Crippen LogP contribution in [-0.4, -0.2) is 20.4 Å². The van der Waals surface area contributed by atoms with Gasteiger partial charge in [0.05, 0.1) is 21.4 Å². The molecule has 0 aliphatic rings. The maximum absolute atomic E-state index is 12.3. The molecule has 110 valence electrons. The minimum Gasteiger partial charge on any atom is -0.384 e. The predicted molar refractivity (Wildman–Crippen MR) is 82.8 cm³/mol. The van der Waals surface area contributed by atoms with Crippen molar-refractivity contribution in [3.63, 3.8) is 0 Å². The van der Waals surface area contributed by atoms with Gasteiger partial charge in [0.15, 0.2) is 9.84 Å². The second-order valence-corrected chi connectivity index (χ2v) is 7.11. The van der Waals surface area contributed by atoms with Gasteiger partial charge in [0.25, 0.3) is 0 Å². The zero-order chi connectivity index (χ0) is 15.3. The van der Waals surface area contributed by atoms with Crippen LogP contribution in [0.15, 0.2) is 40.0 Å². The van der Waals surface area contributed by atoms with Crippen molar-refractivity contribution in [3.05, 3.63) is 35.1 Å². The lowest BCUT2D eigenvalue weighted by Gasteiger charge is -2.14. The Morgan fingerprint density at radius 1 is 1.45 bits per heavy atom. The first-order valence-electron chi connectivity index (χ1n) is 6.02. The van der Waals surface area contributed by atoms with Crippen LogP contribution in [0.1, 0.15) is 13.8 Å². The number of allylic oxidation sites excluding steroid dienone is 1. The van der Waals surface area contributed by atoms with E-state index in [1.807, 2.05) is 13.8 Å². The van der Waals surface area contributed by atoms with Crippen molar-refractivity contribution >= 4 is 33.3 Å². The summed E-state index contributed by atoms with van der Waals surface area (Å²) in [7, 11) is -3.41. The van der Waals surface area contributed by atoms with Crippen LogP contribution >= 0.6 is 11.6 Å². The monoisotopic (exact) mass is 315 g/mol. The molecule has 0 aliphatic heterocycles. The largest absolute Gasteiger partial charge is 0.384 e. The second kappa shape index (κ2) is 6.76. The van der Waals surface area contributed by atoms with Gasteiger partial charge in [-0.1, -0.05) is 37.6 Å². The summed E-state index contributed by atoms with van der Waals surface area (Å²) >= 11 is 5.72. The van der Waals surface area contributed by atoms with Gasteiger partial charge in [0, 0.05) is 6.21 Å². The summed E-state index contributed by atoms with van der Waals surface area (Å²) in [6.07, 6.45) is 0.884. The van der Waals surface area contributed by atoms with Crippen molar-refractivity contribution in [2.45, 2.75) is 18.7 Å². The molecule has 0 heterocycles. The third-order valence-corrected chi connectivity index (χ3v) is 4.87. The standard InChI is InChI=1S/C13H18ClN3O2S/c1-9(2)8-20(18,19)12-6-4-3-5-11(12)17-13(16)10(14)7-15/h3-7,9,15,17H,8,16H2,1-2H3/b13-10-,15-7?. The third-order valence-electron chi connectivity index (χ3n) is 2.43. The quantitative estimate of drug-likeness (QED) is 0.703. The molecule has 7 heteroatoms. The van der Waals surface area contributed by atoms with Crippen molar-refractivity contribution in [2.75, 3.05) is 11.1 Å². The number of nitrogens with one attached hydrogen (secondary N) is 2. The highest BCUT2D eigenvalue weighted by Crippen LogP contribution is 2.24. The van der Waals surface area contributed by atoms with Crippen LogP contribution in [-0.2, 0) is 9.84 Å². The minimum absolute atomic E-state index is 0.0149. The molecule has 0 bridgehead atoms. The van der Waals surface area contributed by atoms with E-state index in [2.05, 4.69) is 5.32 Å². The zero-order valence-electron chi connectivity index (χ0n) is 11.4. The lowest BCUT2D eigenvalue weighted by Crippen LogP contribution is -2.17. The van der Waals surface area contributed by atoms with Gasteiger partial charge in [-0.15, -0.1) is 0 Å². The highest BCUT2D eigenvalue weighted by molar-refractivity contribution is 7.91. The van der Waals surface area contributed by atoms with E-state index in [1.54, 1.807) is 18.2 Å². The fraction of sp³-hybridized carbons (Fsp3) is 0.308. The molecular weight excluding hydrogens is 298 g/mol. The topological polar surface area (TPSA) is 96.0 Å². The Morgan fingerprint density at radius 2 is 2.05 bits per heavy atom. The Labute approximate surface area is 124 Å². The first-order chi connectivity index (χ1) is 9.27. The Balaban J connectivity index is 3.22. The number of halogens is 1. The number of para-hydroxylation sites is 1. The highest BCUT2D eigenvalue weighted by atomic mass is 35.5. The van der Waals surface area contributed by atoms with Gasteiger partial charge in [0.2, 0.25) is 0 Å².